The second kappa shape index (κ2) is 10.3. The molecule has 0 spiro atoms. The van der Waals surface area contributed by atoms with Crippen LogP contribution in [0.1, 0.15) is 27.0 Å². The fraction of sp³-hybridized carbons (Fsp3) is 0.185. The van der Waals surface area contributed by atoms with Crippen LogP contribution in [0.2, 0.25) is 0 Å². The van der Waals surface area contributed by atoms with Gasteiger partial charge in [0.2, 0.25) is 10.0 Å². The van der Waals surface area contributed by atoms with Crippen LogP contribution in [0, 0.1) is 6.92 Å². The number of esters is 1. The Hall–Kier alpha value is -3.95. The first kappa shape index (κ1) is 25.2. The van der Waals surface area contributed by atoms with E-state index in [4.69, 9.17) is 9.47 Å². The molecule has 0 radical (unpaired) electrons. The van der Waals surface area contributed by atoms with E-state index in [-0.39, 0.29) is 29.1 Å². The Bertz CT molecular complexity index is 1560. The summed E-state index contributed by atoms with van der Waals surface area (Å²) in [5, 5.41) is 0.805. The number of pyridine rings is 1. The van der Waals surface area contributed by atoms with Crippen molar-refractivity contribution in [3.05, 3.63) is 105 Å². The maximum Gasteiger partial charge on any atom is 0.337 e. The van der Waals surface area contributed by atoms with E-state index < -0.39 is 16.0 Å². The van der Waals surface area contributed by atoms with Gasteiger partial charge in [-0.05, 0) is 72.0 Å². The number of aryl methyl sites for hydroxylation is 1. The fourth-order valence-electron chi connectivity index (χ4n) is 3.86. The molecule has 4 aromatic rings. The smallest absolute Gasteiger partial charge is 0.337 e. The van der Waals surface area contributed by atoms with Gasteiger partial charge >= 0.3 is 5.97 Å². The Morgan fingerprint density at radius 3 is 2.25 bits per heavy atom. The van der Waals surface area contributed by atoms with E-state index in [2.05, 4.69) is 4.98 Å². The zero-order valence-electron chi connectivity index (χ0n) is 20.1. The Labute approximate surface area is 209 Å². The van der Waals surface area contributed by atoms with E-state index in [1.54, 1.807) is 37.4 Å². The molecule has 9 heteroatoms. The highest BCUT2D eigenvalue weighted by Gasteiger charge is 2.26. The molecule has 4 rings (SSSR count). The molecular formula is C27H26N2O6S. The lowest BCUT2D eigenvalue weighted by molar-refractivity contribution is 0.0600. The highest BCUT2D eigenvalue weighted by molar-refractivity contribution is 7.89. The van der Waals surface area contributed by atoms with E-state index >= 15 is 0 Å². The van der Waals surface area contributed by atoms with Gasteiger partial charge in [-0.1, -0.05) is 24.3 Å². The number of carbonyl (C=O) groups excluding carboxylic acids is 1. The first-order valence-electron chi connectivity index (χ1n) is 11.2. The molecular weight excluding hydrogens is 480 g/mol. The molecule has 36 heavy (non-hydrogen) atoms. The van der Waals surface area contributed by atoms with Crippen molar-refractivity contribution in [2.45, 2.75) is 24.9 Å². The van der Waals surface area contributed by atoms with Crippen LogP contribution in [0.5, 0.6) is 5.75 Å². The first-order chi connectivity index (χ1) is 17.2. The molecule has 0 aliphatic carbocycles. The molecule has 1 aromatic heterocycles. The summed E-state index contributed by atoms with van der Waals surface area (Å²) in [7, 11) is -1.23. The van der Waals surface area contributed by atoms with Crippen LogP contribution in [-0.4, -0.2) is 37.9 Å². The summed E-state index contributed by atoms with van der Waals surface area (Å²) in [6.07, 6.45) is 0. The zero-order valence-corrected chi connectivity index (χ0v) is 21.0. The van der Waals surface area contributed by atoms with Crippen molar-refractivity contribution in [3.8, 4) is 5.75 Å². The molecule has 3 aromatic carbocycles. The zero-order chi connectivity index (χ0) is 25.9. The summed E-state index contributed by atoms with van der Waals surface area (Å²) in [6, 6.07) is 19.9. The van der Waals surface area contributed by atoms with Crippen molar-refractivity contribution in [3.63, 3.8) is 0 Å². The fourth-order valence-corrected chi connectivity index (χ4v) is 5.26. The molecule has 186 valence electrons. The van der Waals surface area contributed by atoms with Gasteiger partial charge in [-0.15, -0.1) is 0 Å². The molecule has 0 saturated heterocycles. The maximum absolute atomic E-state index is 13.7. The van der Waals surface area contributed by atoms with E-state index in [0.717, 1.165) is 16.5 Å². The number of methoxy groups -OCH3 is 2. The molecule has 0 saturated carbocycles. The first-order valence-corrected chi connectivity index (χ1v) is 12.6. The van der Waals surface area contributed by atoms with Crippen LogP contribution in [0.15, 0.2) is 82.5 Å². The number of fused-ring (bicyclic) bond motifs is 1. The molecule has 0 bridgehead atoms. The molecule has 8 nitrogen and oxygen atoms in total. The number of sulfonamides is 1. The molecule has 0 aliphatic heterocycles. The number of ether oxygens (including phenoxy) is 2. The van der Waals surface area contributed by atoms with Gasteiger partial charge < -0.3 is 14.5 Å². The number of hydrogen-bond acceptors (Lipinski definition) is 6. The van der Waals surface area contributed by atoms with E-state index in [0.29, 0.717) is 16.8 Å². The standard InChI is InChI=1S/C27H26N2O6S/c1-18-4-7-21-15-22(26(30)28-25(21)14-18)17-29(16-19-5-10-23(34-2)11-6-19)36(32,33)24-12-8-20(9-13-24)27(31)35-3/h4-15H,16-17H2,1-3H3,(H,28,30). The lowest BCUT2D eigenvalue weighted by Crippen LogP contribution is -2.32. The van der Waals surface area contributed by atoms with Gasteiger partial charge in [0.15, 0.2) is 0 Å². The van der Waals surface area contributed by atoms with Crippen LogP contribution >= 0.6 is 0 Å². The van der Waals surface area contributed by atoms with Crippen molar-refractivity contribution < 1.29 is 22.7 Å². The van der Waals surface area contributed by atoms with E-state index in [9.17, 15) is 18.0 Å². The summed E-state index contributed by atoms with van der Waals surface area (Å²) < 4.78 is 38.5. The number of benzene rings is 3. The predicted octanol–water partition coefficient (Wildman–Crippen LogP) is 4.02. The summed E-state index contributed by atoms with van der Waals surface area (Å²) in [5.74, 6) is 0.0831. The topological polar surface area (TPSA) is 106 Å². The number of aromatic amines is 1. The van der Waals surface area contributed by atoms with Gasteiger partial charge in [0.05, 0.1) is 24.7 Å². The Morgan fingerprint density at radius 2 is 1.61 bits per heavy atom. The minimum absolute atomic E-state index is 0.00323. The lowest BCUT2D eigenvalue weighted by Gasteiger charge is -2.23. The number of nitrogens with zero attached hydrogens (tertiary/aromatic N) is 1. The molecule has 1 N–H and O–H groups in total. The van der Waals surface area contributed by atoms with Crippen LogP contribution < -0.4 is 10.3 Å². The number of nitrogens with one attached hydrogen (secondary N) is 1. The van der Waals surface area contributed by atoms with E-state index in [1.165, 1.54) is 35.7 Å². The van der Waals surface area contributed by atoms with Crippen LogP contribution in [0.4, 0.5) is 0 Å². The normalized spacial score (nSPS) is 11.6. The van der Waals surface area contributed by atoms with Gasteiger partial charge in [0, 0.05) is 24.2 Å². The molecule has 0 atom stereocenters. The van der Waals surface area contributed by atoms with Gasteiger partial charge in [-0.25, -0.2) is 13.2 Å². The highest BCUT2D eigenvalue weighted by atomic mass is 32.2. The summed E-state index contributed by atoms with van der Waals surface area (Å²) in [6.45, 7) is 1.81. The van der Waals surface area contributed by atoms with Crippen molar-refractivity contribution in [2.75, 3.05) is 14.2 Å². The largest absolute Gasteiger partial charge is 0.497 e. The van der Waals surface area contributed by atoms with Gasteiger partial charge in [-0.3, -0.25) is 4.79 Å². The Morgan fingerprint density at radius 1 is 0.917 bits per heavy atom. The number of carbonyl (C=O) groups is 1. The molecule has 0 aliphatic rings. The number of hydrogen-bond donors (Lipinski definition) is 1. The van der Waals surface area contributed by atoms with Crippen LogP contribution in [0.25, 0.3) is 10.9 Å². The maximum atomic E-state index is 13.7. The van der Waals surface area contributed by atoms with Crippen molar-refractivity contribution in [2.24, 2.45) is 0 Å². The van der Waals surface area contributed by atoms with Crippen LogP contribution in [-0.2, 0) is 27.8 Å². The summed E-state index contributed by atoms with van der Waals surface area (Å²) in [5.41, 5.74) is 2.60. The third-order valence-corrected chi connectivity index (χ3v) is 7.66. The highest BCUT2D eigenvalue weighted by Crippen LogP contribution is 2.23. The number of rotatable bonds is 8. The summed E-state index contributed by atoms with van der Waals surface area (Å²) in [4.78, 5) is 27.5. The van der Waals surface area contributed by atoms with E-state index in [1.807, 2.05) is 25.1 Å². The van der Waals surface area contributed by atoms with Crippen molar-refractivity contribution >= 4 is 26.9 Å². The van der Waals surface area contributed by atoms with Crippen molar-refractivity contribution in [1.29, 1.82) is 0 Å². The SMILES string of the molecule is COC(=O)c1ccc(S(=O)(=O)N(Cc2ccc(OC)cc2)Cc2cc3ccc(C)cc3[nH]c2=O)cc1. The minimum Gasteiger partial charge on any atom is -0.497 e. The second-order valence-corrected chi connectivity index (χ2v) is 10.3. The second-order valence-electron chi connectivity index (χ2n) is 8.35. The van der Waals surface area contributed by atoms with Gasteiger partial charge in [-0.2, -0.15) is 4.31 Å². The molecule has 0 amide bonds. The monoisotopic (exact) mass is 506 g/mol. The third-order valence-electron chi connectivity index (χ3n) is 5.86. The lowest BCUT2D eigenvalue weighted by atomic mass is 10.1. The third kappa shape index (κ3) is 5.32. The van der Waals surface area contributed by atoms with Crippen molar-refractivity contribution in [1.82, 2.24) is 9.29 Å². The number of H-pyrrole nitrogens is 1. The Kier molecular flexibility index (Phi) is 7.23. The molecule has 0 fully saturated rings. The molecule has 0 unspecified atom stereocenters. The summed E-state index contributed by atoms with van der Waals surface area (Å²) >= 11 is 0. The van der Waals surface area contributed by atoms with Gasteiger partial charge in [0.25, 0.3) is 5.56 Å². The number of aromatic nitrogens is 1. The predicted molar refractivity (Wildman–Crippen MR) is 137 cm³/mol. The van der Waals surface area contributed by atoms with Crippen LogP contribution in [0.3, 0.4) is 0 Å². The Balaban J connectivity index is 1.74. The average molecular weight is 507 g/mol. The van der Waals surface area contributed by atoms with Gasteiger partial charge in [0.1, 0.15) is 5.75 Å². The minimum atomic E-state index is -4.04. The average Bonchev–Trinajstić information content (AvgIpc) is 2.88. The molecule has 1 heterocycles. The quantitative estimate of drug-likeness (QED) is 0.362.